The summed E-state index contributed by atoms with van der Waals surface area (Å²) in [6.07, 6.45) is 0.242. The second-order valence-electron chi connectivity index (χ2n) is 4.94. The molecule has 0 aliphatic heterocycles. The summed E-state index contributed by atoms with van der Waals surface area (Å²) in [5.74, 6) is -2.05. The van der Waals surface area contributed by atoms with E-state index < -0.39 is 17.4 Å². The molecule has 1 rings (SSSR count). The molecular formula is C13H17NO5. The van der Waals surface area contributed by atoms with Gasteiger partial charge >= 0.3 is 5.97 Å². The first-order valence-electron chi connectivity index (χ1n) is 5.77. The van der Waals surface area contributed by atoms with Crippen LogP contribution in [0.15, 0.2) is 18.2 Å². The average molecular weight is 267 g/mol. The van der Waals surface area contributed by atoms with Gasteiger partial charge < -0.3 is 20.6 Å². The first-order valence-corrected chi connectivity index (χ1v) is 5.77. The Kier molecular flexibility index (Phi) is 4.37. The summed E-state index contributed by atoms with van der Waals surface area (Å²) in [5.41, 5.74) is -0.484. The van der Waals surface area contributed by atoms with Crippen molar-refractivity contribution in [2.75, 3.05) is 0 Å². The van der Waals surface area contributed by atoms with E-state index in [-0.39, 0.29) is 29.9 Å². The molecule has 4 N–H and O–H groups in total. The van der Waals surface area contributed by atoms with Crippen LogP contribution >= 0.6 is 0 Å². The number of hydrogen-bond acceptors (Lipinski definition) is 4. The molecule has 0 unspecified atom stereocenters. The number of carbonyl (C=O) groups is 2. The Balaban J connectivity index is 2.72. The Morgan fingerprint density at radius 3 is 2.37 bits per heavy atom. The molecule has 0 fully saturated rings. The molecule has 6 nitrogen and oxygen atoms in total. The van der Waals surface area contributed by atoms with Crippen LogP contribution in [0, 0.1) is 0 Å². The summed E-state index contributed by atoms with van der Waals surface area (Å²) in [5, 5.41) is 29.8. The third kappa shape index (κ3) is 4.50. The Hall–Kier alpha value is -2.24. The van der Waals surface area contributed by atoms with Gasteiger partial charge in [-0.05, 0) is 38.5 Å². The molecule has 0 bridgehead atoms. The molecule has 0 radical (unpaired) electrons. The van der Waals surface area contributed by atoms with Crippen molar-refractivity contribution in [2.45, 2.75) is 32.2 Å². The van der Waals surface area contributed by atoms with Gasteiger partial charge in [0.25, 0.3) is 5.91 Å². The number of hydrogen-bond donors (Lipinski definition) is 4. The number of carbonyl (C=O) groups excluding carboxylic acids is 1. The van der Waals surface area contributed by atoms with E-state index in [2.05, 4.69) is 5.32 Å². The SMILES string of the molecule is CC(C)(CCC(=O)O)NC(=O)c1ccc(O)c(O)c1. The quantitative estimate of drug-likeness (QED) is 0.604. The molecule has 1 amide bonds. The predicted octanol–water partition coefficient (Wildman–Crippen LogP) is 1.47. The summed E-state index contributed by atoms with van der Waals surface area (Å²) in [6.45, 7) is 3.43. The number of nitrogens with one attached hydrogen (secondary N) is 1. The minimum absolute atomic E-state index is 0.0475. The lowest BCUT2D eigenvalue weighted by Crippen LogP contribution is -2.43. The first kappa shape index (κ1) is 14.8. The van der Waals surface area contributed by atoms with Crippen LogP contribution in [-0.2, 0) is 4.79 Å². The van der Waals surface area contributed by atoms with Crippen LogP contribution in [0.25, 0.3) is 0 Å². The van der Waals surface area contributed by atoms with E-state index in [1.165, 1.54) is 12.1 Å². The normalized spacial score (nSPS) is 11.1. The van der Waals surface area contributed by atoms with Gasteiger partial charge in [0.15, 0.2) is 11.5 Å². The summed E-state index contributed by atoms with van der Waals surface area (Å²) >= 11 is 0. The number of carboxylic acids is 1. The fourth-order valence-corrected chi connectivity index (χ4v) is 1.53. The summed E-state index contributed by atoms with van der Waals surface area (Å²) in [4.78, 5) is 22.4. The number of phenols is 2. The Morgan fingerprint density at radius 1 is 1.21 bits per heavy atom. The summed E-state index contributed by atoms with van der Waals surface area (Å²) < 4.78 is 0. The fourth-order valence-electron chi connectivity index (χ4n) is 1.53. The number of aliphatic carboxylic acids is 1. The van der Waals surface area contributed by atoms with Crippen LogP contribution < -0.4 is 5.32 Å². The molecule has 6 heteroatoms. The Labute approximate surface area is 110 Å². The predicted molar refractivity (Wildman–Crippen MR) is 68.2 cm³/mol. The van der Waals surface area contributed by atoms with Crippen molar-refractivity contribution >= 4 is 11.9 Å². The number of rotatable bonds is 5. The average Bonchev–Trinajstić information content (AvgIpc) is 2.29. The van der Waals surface area contributed by atoms with Gasteiger partial charge in [-0.3, -0.25) is 9.59 Å². The van der Waals surface area contributed by atoms with E-state index in [0.717, 1.165) is 6.07 Å². The molecule has 104 valence electrons. The van der Waals surface area contributed by atoms with Crippen molar-refractivity contribution in [3.63, 3.8) is 0 Å². The third-order valence-electron chi connectivity index (χ3n) is 2.65. The lowest BCUT2D eigenvalue weighted by molar-refractivity contribution is -0.137. The monoisotopic (exact) mass is 267 g/mol. The van der Waals surface area contributed by atoms with Crippen LogP contribution in [0.4, 0.5) is 0 Å². The van der Waals surface area contributed by atoms with Gasteiger partial charge in [-0.2, -0.15) is 0 Å². The van der Waals surface area contributed by atoms with E-state index in [1.807, 2.05) is 0 Å². The summed E-state index contributed by atoms with van der Waals surface area (Å²) in [6, 6.07) is 3.74. The molecule has 0 aliphatic rings. The van der Waals surface area contributed by atoms with Crippen molar-refractivity contribution < 1.29 is 24.9 Å². The molecular weight excluding hydrogens is 250 g/mol. The highest BCUT2D eigenvalue weighted by molar-refractivity contribution is 5.95. The van der Waals surface area contributed by atoms with Crippen molar-refractivity contribution in [1.82, 2.24) is 5.32 Å². The van der Waals surface area contributed by atoms with Crippen LogP contribution in [0.5, 0.6) is 11.5 Å². The molecule has 1 aromatic carbocycles. The van der Waals surface area contributed by atoms with Gasteiger partial charge in [0.2, 0.25) is 0 Å². The van der Waals surface area contributed by atoms with E-state index in [4.69, 9.17) is 10.2 Å². The van der Waals surface area contributed by atoms with Gasteiger partial charge in [-0.25, -0.2) is 0 Å². The molecule has 0 aromatic heterocycles. The van der Waals surface area contributed by atoms with Crippen LogP contribution in [0.3, 0.4) is 0 Å². The van der Waals surface area contributed by atoms with Gasteiger partial charge in [-0.1, -0.05) is 0 Å². The fraction of sp³-hybridized carbons (Fsp3) is 0.385. The van der Waals surface area contributed by atoms with E-state index >= 15 is 0 Å². The minimum atomic E-state index is -0.926. The molecule has 1 aromatic rings. The highest BCUT2D eigenvalue weighted by atomic mass is 16.4. The van der Waals surface area contributed by atoms with E-state index in [9.17, 15) is 14.7 Å². The summed E-state index contributed by atoms with van der Waals surface area (Å²) in [7, 11) is 0. The third-order valence-corrected chi connectivity index (χ3v) is 2.65. The van der Waals surface area contributed by atoms with E-state index in [1.54, 1.807) is 13.8 Å². The maximum Gasteiger partial charge on any atom is 0.303 e. The number of benzene rings is 1. The molecule has 0 aliphatic carbocycles. The maximum atomic E-state index is 11.9. The molecule has 0 spiro atoms. The van der Waals surface area contributed by atoms with Crippen LogP contribution in [0.2, 0.25) is 0 Å². The van der Waals surface area contributed by atoms with Gasteiger partial charge in [0.05, 0.1) is 0 Å². The topological polar surface area (TPSA) is 107 Å². The Morgan fingerprint density at radius 2 is 1.84 bits per heavy atom. The smallest absolute Gasteiger partial charge is 0.303 e. The molecule has 19 heavy (non-hydrogen) atoms. The number of carboxylic acid groups (broad SMARTS) is 1. The van der Waals surface area contributed by atoms with Crippen molar-refractivity contribution in [3.05, 3.63) is 23.8 Å². The minimum Gasteiger partial charge on any atom is -0.504 e. The van der Waals surface area contributed by atoms with Gasteiger partial charge in [-0.15, -0.1) is 0 Å². The highest BCUT2D eigenvalue weighted by Gasteiger charge is 2.22. The zero-order valence-corrected chi connectivity index (χ0v) is 10.8. The Bertz CT molecular complexity index is 496. The standard InChI is InChI=1S/C13H17NO5/c1-13(2,6-5-11(17)18)14-12(19)8-3-4-9(15)10(16)7-8/h3-4,7,15-16H,5-6H2,1-2H3,(H,14,19)(H,17,18). The van der Waals surface area contributed by atoms with Gasteiger partial charge in [0, 0.05) is 17.5 Å². The zero-order valence-electron chi connectivity index (χ0n) is 10.8. The lowest BCUT2D eigenvalue weighted by atomic mass is 9.97. The molecule has 0 saturated carbocycles. The van der Waals surface area contributed by atoms with Gasteiger partial charge in [0.1, 0.15) is 0 Å². The number of aromatic hydroxyl groups is 2. The van der Waals surface area contributed by atoms with E-state index in [0.29, 0.717) is 0 Å². The van der Waals surface area contributed by atoms with Crippen molar-refractivity contribution in [2.24, 2.45) is 0 Å². The van der Waals surface area contributed by atoms with Crippen molar-refractivity contribution in [3.8, 4) is 11.5 Å². The van der Waals surface area contributed by atoms with Crippen LogP contribution in [0.1, 0.15) is 37.0 Å². The molecule has 0 atom stereocenters. The highest BCUT2D eigenvalue weighted by Crippen LogP contribution is 2.25. The van der Waals surface area contributed by atoms with Crippen molar-refractivity contribution in [1.29, 1.82) is 0 Å². The molecule has 0 saturated heterocycles. The number of amides is 1. The lowest BCUT2D eigenvalue weighted by Gasteiger charge is -2.25. The largest absolute Gasteiger partial charge is 0.504 e. The number of phenolic OH excluding ortho intramolecular Hbond substituents is 2. The zero-order chi connectivity index (χ0) is 14.6. The van der Waals surface area contributed by atoms with Crippen LogP contribution in [-0.4, -0.2) is 32.7 Å². The maximum absolute atomic E-state index is 11.9. The first-order chi connectivity index (χ1) is 8.71. The molecule has 0 heterocycles. The second-order valence-corrected chi connectivity index (χ2v) is 4.94. The second kappa shape index (κ2) is 5.60.